The monoisotopic (exact) mass is 331 g/mol. The van der Waals surface area contributed by atoms with Crippen molar-refractivity contribution in [3.63, 3.8) is 0 Å². The molecule has 0 unspecified atom stereocenters. The van der Waals surface area contributed by atoms with E-state index in [2.05, 4.69) is 84.6 Å². The summed E-state index contributed by atoms with van der Waals surface area (Å²) in [5, 5.41) is 0. The van der Waals surface area contributed by atoms with Gasteiger partial charge >= 0.3 is 0 Å². The summed E-state index contributed by atoms with van der Waals surface area (Å²) < 4.78 is 0. The first kappa shape index (κ1) is 20.7. The second-order valence-electron chi connectivity index (χ2n) is 8.62. The minimum atomic E-state index is -0.420. The number of carbonyl (C=O) groups is 1. The van der Waals surface area contributed by atoms with Crippen LogP contribution in [0.15, 0.2) is 24.3 Å². The van der Waals surface area contributed by atoms with Gasteiger partial charge in [0.2, 0.25) is 5.91 Å². The molecule has 0 radical (unpaired) electrons. The van der Waals surface area contributed by atoms with E-state index in [0.717, 1.165) is 31.4 Å². The van der Waals surface area contributed by atoms with Gasteiger partial charge in [0.1, 0.15) is 0 Å². The van der Waals surface area contributed by atoms with Crippen LogP contribution in [0, 0.1) is 17.8 Å². The van der Waals surface area contributed by atoms with Gasteiger partial charge in [0.25, 0.3) is 0 Å². The first-order chi connectivity index (χ1) is 11.1. The maximum atomic E-state index is 13.6. The van der Waals surface area contributed by atoms with Crippen LogP contribution in [0.4, 0.5) is 5.69 Å². The standard InChI is InChI=1S/C22H37NO/c1-9-12-18(13-10-2)23(19-15-11-14-17(3)16-19)20(24)22(7,8)21(4,5)6/h11,14-16,18H,9-10,12-13H2,1-8H3. The molecule has 1 aromatic carbocycles. The molecule has 1 amide bonds. The minimum Gasteiger partial charge on any atom is -0.309 e. The highest BCUT2D eigenvalue weighted by Gasteiger charge is 2.44. The Kier molecular flexibility index (Phi) is 7.07. The second-order valence-corrected chi connectivity index (χ2v) is 8.62. The van der Waals surface area contributed by atoms with Crippen LogP contribution in [-0.4, -0.2) is 11.9 Å². The molecule has 0 aliphatic carbocycles. The quantitative estimate of drug-likeness (QED) is 0.568. The molecule has 0 saturated heterocycles. The van der Waals surface area contributed by atoms with Crippen LogP contribution in [0.3, 0.4) is 0 Å². The van der Waals surface area contributed by atoms with Gasteiger partial charge in [-0.1, -0.05) is 73.4 Å². The molecule has 0 N–H and O–H groups in total. The van der Waals surface area contributed by atoms with Crippen molar-refractivity contribution < 1.29 is 4.79 Å². The average molecular weight is 332 g/mol. The number of hydrogen-bond acceptors (Lipinski definition) is 1. The predicted octanol–water partition coefficient (Wildman–Crippen LogP) is 6.37. The van der Waals surface area contributed by atoms with E-state index in [0.29, 0.717) is 0 Å². The number of benzene rings is 1. The summed E-state index contributed by atoms with van der Waals surface area (Å²) >= 11 is 0. The maximum Gasteiger partial charge on any atom is 0.233 e. The highest BCUT2D eigenvalue weighted by Crippen LogP contribution is 2.41. The van der Waals surface area contributed by atoms with Gasteiger partial charge in [-0.2, -0.15) is 0 Å². The molecule has 2 nitrogen and oxygen atoms in total. The van der Waals surface area contributed by atoms with Crippen molar-refractivity contribution in [2.24, 2.45) is 10.8 Å². The van der Waals surface area contributed by atoms with Gasteiger partial charge in [0.05, 0.1) is 0 Å². The fourth-order valence-corrected chi connectivity index (χ4v) is 2.96. The van der Waals surface area contributed by atoms with Crippen LogP contribution >= 0.6 is 0 Å². The largest absolute Gasteiger partial charge is 0.309 e. The van der Waals surface area contributed by atoms with Gasteiger partial charge < -0.3 is 4.90 Å². The van der Waals surface area contributed by atoms with Gasteiger partial charge in [0, 0.05) is 17.1 Å². The van der Waals surface area contributed by atoms with Crippen LogP contribution in [0.2, 0.25) is 0 Å². The highest BCUT2D eigenvalue weighted by molar-refractivity contribution is 5.98. The molecule has 2 heteroatoms. The summed E-state index contributed by atoms with van der Waals surface area (Å²) in [4.78, 5) is 15.7. The molecule has 0 aliphatic rings. The van der Waals surface area contributed by atoms with Crippen LogP contribution in [0.25, 0.3) is 0 Å². The number of aryl methyl sites for hydroxylation is 1. The fraction of sp³-hybridized carbons (Fsp3) is 0.682. The van der Waals surface area contributed by atoms with E-state index >= 15 is 0 Å². The lowest BCUT2D eigenvalue weighted by atomic mass is 9.68. The molecule has 0 saturated carbocycles. The van der Waals surface area contributed by atoms with Crippen LogP contribution in [0.1, 0.15) is 79.7 Å². The first-order valence-electron chi connectivity index (χ1n) is 9.46. The molecule has 1 aromatic rings. The molecule has 0 bridgehead atoms. The Morgan fingerprint density at radius 2 is 1.58 bits per heavy atom. The fourth-order valence-electron chi connectivity index (χ4n) is 2.96. The van der Waals surface area contributed by atoms with E-state index in [-0.39, 0.29) is 17.4 Å². The molecule has 136 valence electrons. The van der Waals surface area contributed by atoms with Crippen molar-refractivity contribution >= 4 is 11.6 Å². The van der Waals surface area contributed by atoms with Crippen LogP contribution < -0.4 is 4.90 Å². The molecule has 0 spiro atoms. The normalized spacial score (nSPS) is 12.5. The highest BCUT2D eigenvalue weighted by atomic mass is 16.2. The molecule has 0 heterocycles. The third-order valence-electron chi connectivity index (χ3n) is 5.52. The van der Waals surface area contributed by atoms with Crippen molar-refractivity contribution in [3.8, 4) is 0 Å². The third kappa shape index (κ3) is 4.62. The smallest absolute Gasteiger partial charge is 0.233 e. The van der Waals surface area contributed by atoms with E-state index in [1.165, 1.54) is 5.56 Å². The predicted molar refractivity (Wildman–Crippen MR) is 106 cm³/mol. The molecule has 24 heavy (non-hydrogen) atoms. The molecular weight excluding hydrogens is 294 g/mol. The van der Waals surface area contributed by atoms with Crippen molar-refractivity contribution in [1.29, 1.82) is 0 Å². The SMILES string of the molecule is CCCC(CCC)N(C(=O)C(C)(C)C(C)(C)C)c1cccc(C)c1. The van der Waals surface area contributed by atoms with Crippen LogP contribution in [0.5, 0.6) is 0 Å². The molecule has 0 fully saturated rings. The summed E-state index contributed by atoms with van der Waals surface area (Å²) in [5.41, 5.74) is 1.74. The lowest BCUT2D eigenvalue weighted by Crippen LogP contribution is -2.51. The minimum absolute atomic E-state index is 0.0882. The topological polar surface area (TPSA) is 20.3 Å². The van der Waals surface area contributed by atoms with Crippen molar-refractivity contribution in [3.05, 3.63) is 29.8 Å². The zero-order chi connectivity index (χ0) is 18.5. The van der Waals surface area contributed by atoms with Crippen molar-refractivity contribution in [2.75, 3.05) is 4.90 Å². The zero-order valence-electron chi connectivity index (χ0n) is 17.1. The Balaban J connectivity index is 3.39. The lowest BCUT2D eigenvalue weighted by Gasteiger charge is -2.43. The van der Waals surface area contributed by atoms with Crippen molar-refractivity contribution in [1.82, 2.24) is 0 Å². The number of amides is 1. The van der Waals surface area contributed by atoms with Gasteiger partial charge in [-0.15, -0.1) is 0 Å². The van der Waals surface area contributed by atoms with E-state index in [9.17, 15) is 4.79 Å². The van der Waals surface area contributed by atoms with E-state index in [1.54, 1.807) is 0 Å². The number of hydrogen-bond donors (Lipinski definition) is 0. The maximum absolute atomic E-state index is 13.6. The first-order valence-corrected chi connectivity index (χ1v) is 9.46. The molecule has 0 aromatic heterocycles. The van der Waals surface area contributed by atoms with E-state index in [1.807, 2.05) is 0 Å². The summed E-state index contributed by atoms with van der Waals surface area (Å²) in [5.74, 6) is 0.243. The van der Waals surface area contributed by atoms with Gasteiger partial charge in [-0.3, -0.25) is 4.79 Å². The van der Waals surface area contributed by atoms with Gasteiger partial charge in [-0.05, 0) is 42.9 Å². The molecule has 1 rings (SSSR count). The Labute approximate surface area is 149 Å². The Hall–Kier alpha value is -1.31. The summed E-state index contributed by atoms with van der Waals surface area (Å²) in [6.07, 6.45) is 4.29. The number of rotatable bonds is 7. The molecular formula is C22H37NO. The zero-order valence-corrected chi connectivity index (χ0v) is 17.1. The lowest BCUT2D eigenvalue weighted by molar-refractivity contribution is -0.132. The molecule has 0 atom stereocenters. The number of anilines is 1. The average Bonchev–Trinajstić information content (AvgIpc) is 2.46. The third-order valence-corrected chi connectivity index (χ3v) is 5.52. The van der Waals surface area contributed by atoms with E-state index in [4.69, 9.17) is 0 Å². The van der Waals surface area contributed by atoms with Crippen LogP contribution in [-0.2, 0) is 4.79 Å². The van der Waals surface area contributed by atoms with Gasteiger partial charge in [-0.25, -0.2) is 0 Å². The molecule has 0 aliphatic heterocycles. The van der Waals surface area contributed by atoms with E-state index < -0.39 is 5.41 Å². The summed E-state index contributed by atoms with van der Waals surface area (Å²) in [7, 11) is 0. The summed E-state index contributed by atoms with van der Waals surface area (Å²) in [6.45, 7) is 17.2. The number of carbonyl (C=O) groups excluding carboxylic acids is 1. The Bertz CT molecular complexity index is 533. The van der Waals surface area contributed by atoms with Crippen molar-refractivity contribution in [2.45, 2.75) is 87.1 Å². The Morgan fingerprint density at radius 1 is 1.04 bits per heavy atom. The second kappa shape index (κ2) is 8.18. The number of nitrogens with zero attached hydrogens (tertiary/aromatic N) is 1. The Morgan fingerprint density at radius 3 is 2.00 bits per heavy atom. The summed E-state index contributed by atoms with van der Waals surface area (Å²) in [6, 6.07) is 8.66. The van der Waals surface area contributed by atoms with Gasteiger partial charge in [0.15, 0.2) is 0 Å².